The maximum atomic E-state index is 4.51. The molecule has 0 spiro atoms. The number of unbranched alkanes of at least 4 members (excludes halogenated alkanes) is 1. The van der Waals surface area contributed by atoms with E-state index in [2.05, 4.69) is 63.2 Å². The highest BCUT2D eigenvalue weighted by Crippen LogP contribution is 2.07. The molecule has 0 fully saturated rings. The summed E-state index contributed by atoms with van der Waals surface area (Å²) in [5.74, 6) is 6.50. The van der Waals surface area contributed by atoms with Gasteiger partial charge in [0.25, 0.3) is 0 Å². The summed E-state index contributed by atoms with van der Waals surface area (Å²) in [5.41, 5.74) is 2.93. The van der Waals surface area contributed by atoms with Crippen LogP contribution in [-0.4, -0.2) is 15.1 Å². The lowest BCUT2D eigenvalue weighted by atomic mass is 10.1. The number of hydrogen-bond donors (Lipinski definition) is 0. The van der Waals surface area contributed by atoms with Crippen LogP contribution in [0.15, 0.2) is 41.7 Å². The number of aromatic nitrogens is 2. The van der Waals surface area contributed by atoms with E-state index in [0.717, 1.165) is 12.0 Å². The van der Waals surface area contributed by atoms with Gasteiger partial charge in [-0.15, -0.1) is 0 Å². The van der Waals surface area contributed by atoms with Crippen LogP contribution < -0.4 is 0 Å². The first-order chi connectivity index (χ1) is 10.3. The fourth-order valence-corrected chi connectivity index (χ4v) is 1.86. The van der Waals surface area contributed by atoms with E-state index >= 15 is 0 Å². The Labute approximate surface area is 130 Å². The Morgan fingerprint density at radius 3 is 2.52 bits per heavy atom. The Morgan fingerprint density at radius 1 is 1.10 bits per heavy atom. The summed E-state index contributed by atoms with van der Waals surface area (Å²) in [6.07, 6.45) is 6.66. The maximum absolute atomic E-state index is 4.51. The van der Waals surface area contributed by atoms with Gasteiger partial charge in [-0.2, -0.15) is 4.99 Å². The highest BCUT2D eigenvalue weighted by atomic mass is 32.1. The van der Waals surface area contributed by atoms with Crippen LogP contribution >= 0.6 is 12.2 Å². The SMILES string of the molecule is CCCCc1ccc(C#Cc2cnc(N=C=S)cn2)cc1. The van der Waals surface area contributed by atoms with Crippen molar-refractivity contribution in [3.63, 3.8) is 0 Å². The average molecular weight is 293 g/mol. The first-order valence-electron chi connectivity index (χ1n) is 6.82. The predicted molar refractivity (Wildman–Crippen MR) is 87.8 cm³/mol. The smallest absolute Gasteiger partial charge is 0.181 e. The van der Waals surface area contributed by atoms with Crippen LogP contribution in [0.2, 0.25) is 0 Å². The molecule has 2 aromatic rings. The number of hydrogen-bond acceptors (Lipinski definition) is 4. The van der Waals surface area contributed by atoms with E-state index < -0.39 is 0 Å². The van der Waals surface area contributed by atoms with E-state index in [1.807, 2.05) is 12.1 Å². The molecule has 0 saturated heterocycles. The first-order valence-corrected chi connectivity index (χ1v) is 7.23. The van der Waals surface area contributed by atoms with Crippen molar-refractivity contribution in [1.29, 1.82) is 0 Å². The van der Waals surface area contributed by atoms with Gasteiger partial charge in [0, 0.05) is 5.56 Å². The molecule has 3 nitrogen and oxygen atoms in total. The summed E-state index contributed by atoms with van der Waals surface area (Å²) in [5, 5.41) is 2.25. The van der Waals surface area contributed by atoms with Crippen LogP contribution in [0.1, 0.15) is 36.6 Å². The molecule has 0 aliphatic rings. The second-order valence-corrected chi connectivity index (χ2v) is 4.70. The van der Waals surface area contributed by atoms with Gasteiger partial charge in [0.05, 0.1) is 17.6 Å². The van der Waals surface area contributed by atoms with Crippen molar-refractivity contribution in [2.75, 3.05) is 0 Å². The molecule has 0 unspecified atom stereocenters. The molecule has 1 aromatic heterocycles. The Kier molecular flexibility index (Phi) is 5.78. The molecule has 0 aliphatic heterocycles. The van der Waals surface area contributed by atoms with Crippen LogP contribution in [0.3, 0.4) is 0 Å². The Hall–Kier alpha value is -2.34. The summed E-state index contributed by atoms with van der Waals surface area (Å²) in [7, 11) is 0. The van der Waals surface area contributed by atoms with Crippen molar-refractivity contribution in [3.05, 3.63) is 53.5 Å². The highest BCUT2D eigenvalue weighted by molar-refractivity contribution is 7.78. The Morgan fingerprint density at radius 2 is 1.90 bits per heavy atom. The fourth-order valence-electron chi connectivity index (χ4n) is 1.76. The van der Waals surface area contributed by atoms with Crippen LogP contribution in [-0.2, 0) is 6.42 Å². The molecule has 0 radical (unpaired) electrons. The number of benzene rings is 1. The topological polar surface area (TPSA) is 38.1 Å². The standard InChI is InChI=1S/C17H15N3S/c1-2-3-4-14-5-7-15(8-6-14)9-10-16-11-19-17(12-18-16)20-13-21/h5-8,11-12H,2-4H2,1H3. The van der Waals surface area contributed by atoms with Gasteiger partial charge in [0.2, 0.25) is 0 Å². The quantitative estimate of drug-likeness (QED) is 0.486. The molecule has 0 N–H and O–H groups in total. The zero-order valence-electron chi connectivity index (χ0n) is 11.8. The molecule has 2 rings (SSSR count). The van der Waals surface area contributed by atoms with Gasteiger partial charge in [-0.25, -0.2) is 9.97 Å². The summed E-state index contributed by atoms with van der Waals surface area (Å²) in [6.45, 7) is 2.20. The Bertz CT molecular complexity index is 688. The van der Waals surface area contributed by atoms with E-state index in [-0.39, 0.29) is 0 Å². The van der Waals surface area contributed by atoms with E-state index in [4.69, 9.17) is 0 Å². The summed E-state index contributed by atoms with van der Waals surface area (Å²) in [6, 6.07) is 8.33. The van der Waals surface area contributed by atoms with Gasteiger partial charge in [0.1, 0.15) is 5.69 Å². The minimum atomic E-state index is 0.441. The van der Waals surface area contributed by atoms with Gasteiger partial charge in [-0.05, 0) is 48.7 Å². The second kappa shape index (κ2) is 8.06. The van der Waals surface area contributed by atoms with Gasteiger partial charge < -0.3 is 0 Å². The third-order valence-corrected chi connectivity index (χ3v) is 3.00. The van der Waals surface area contributed by atoms with Crippen LogP contribution in [0.4, 0.5) is 5.82 Å². The van der Waals surface area contributed by atoms with Crippen LogP contribution in [0.25, 0.3) is 0 Å². The van der Waals surface area contributed by atoms with Crippen molar-refractivity contribution in [1.82, 2.24) is 9.97 Å². The minimum Gasteiger partial charge on any atom is -0.242 e. The maximum Gasteiger partial charge on any atom is 0.181 e. The molecule has 0 atom stereocenters. The normalized spacial score (nSPS) is 9.38. The van der Waals surface area contributed by atoms with Crippen molar-refractivity contribution >= 4 is 23.2 Å². The van der Waals surface area contributed by atoms with Gasteiger partial charge in [-0.1, -0.05) is 31.4 Å². The van der Waals surface area contributed by atoms with E-state index in [9.17, 15) is 0 Å². The molecule has 0 aliphatic carbocycles. The molecule has 4 heteroatoms. The zero-order chi connectivity index (χ0) is 14.9. The lowest BCUT2D eigenvalue weighted by Crippen LogP contribution is -1.86. The van der Waals surface area contributed by atoms with Crippen molar-refractivity contribution in [2.24, 2.45) is 4.99 Å². The molecular weight excluding hydrogens is 278 g/mol. The van der Waals surface area contributed by atoms with Gasteiger partial charge >= 0.3 is 0 Å². The number of rotatable bonds is 4. The van der Waals surface area contributed by atoms with E-state index in [0.29, 0.717) is 11.5 Å². The monoisotopic (exact) mass is 293 g/mol. The third kappa shape index (κ3) is 4.92. The molecule has 104 valence electrons. The average Bonchev–Trinajstić information content (AvgIpc) is 2.53. The van der Waals surface area contributed by atoms with E-state index in [1.165, 1.54) is 24.6 Å². The molecule has 1 aromatic carbocycles. The summed E-state index contributed by atoms with van der Waals surface area (Å²) >= 11 is 4.51. The molecular formula is C17H15N3S. The molecule has 0 saturated carbocycles. The molecule has 21 heavy (non-hydrogen) atoms. The van der Waals surface area contributed by atoms with Gasteiger partial charge in [0.15, 0.2) is 5.82 Å². The van der Waals surface area contributed by atoms with Crippen molar-refractivity contribution in [2.45, 2.75) is 26.2 Å². The van der Waals surface area contributed by atoms with Crippen LogP contribution in [0.5, 0.6) is 0 Å². The third-order valence-electron chi connectivity index (χ3n) is 2.91. The van der Waals surface area contributed by atoms with E-state index in [1.54, 1.807) is 6.20 Å². The van der Waals surface area contributed by atoms with Gasteiger partial charge in [-0.3, -0.25) is 0 Å². The Balaban J connectivity index is 2.06. The number of isothiocyanates is 1. The number of aliphatic imine (C=N–C) groups is 1. The van der Waals surface area contributed by atoms with Crippen molar-refractivity contribution in [3.8, 4) is 11.8 Å². The highest BCUT2D eigenvalue weighted by Gasteiger charge is 1.94. The molecule has 0 amide bonds. The number of nitrogens with zero attached hydrogens (tertiary/aromatic N) is 3. The minimum absolute atomic E-state index is 0.441. The second-order valence-electron chi connectivity index (χ2n) is 4.51. The van der Waals surface area contributed by atoms with Crippen LogP contribution in [0, 0.1) is 11.8 Å². The predicted octanol–water partition coefficient (Wildman–Crippen LogP) is 3.95. The van der Waals surface area contributed by atoms with Crippen molar-refractivity contribution < 1.29 is 0 Å². The largest absolute Gasteiger partial charge is 0.242 e. The number of thiocarbonyl (C=S) groups is 1. The lowest BCUT2D eigenvalue weighted by Gasteiger charge is -1.99. The first kappa shape index (κ1) is 15.1. The lowest BCUT2D eigenvalue weighted by molar-refractivity contribution is 0.795. The fraction of sp³-hybridized carbons (Fsp3) is 0.235. The summed E-state index contributed by atoms with van der Waals surface area (Å²) < 4.78 is 0. The molecule has 0 bridgehead atoms. The molecule has 1 heterocycles. The summed E-state index contributed by atoms with van der Waals surface area (Å²) in [4.78, 5) is 12.0. The zero-order valence-corrected chi connectivity index (χ0v) is 12.7. The number of aryl methyl sites for hydroxylation is 1.